The SMILES string of the molecule is c1ccc(-c2nc(-c3ccc(-c4cccnc4)cc3)cc(-c3ccc4c(c3)C3(c5ccccc5Sc5cc6c(cc53)oc3ccccc36)c3ccccc3-c3ccccc3-4)n2)cc1. The fourth-order valence-corrected chi connectivity index (χ4v) is 11.3. The smallest absolute Gasteiger partial charge is 0.160 e. The molecule has 1 atom stereocenters. The third-order valence-electron chi connectivity index (χ3n) is 12.9. The van der Waals surface area contributed by atoms with Crippen LogP contribution in [0.15, 0.2) is 227 Å². The van der Waals surface area contributed by atoms with Crippen LogP contribution in [0.4, 0.5) is 0 Å². The second kappa shape index (κ2) is 14.1. The highest BCUT2D eigenvalue weighted by atomic mass is 32.2. The molecule has 63 heavy (non-hydrogen) atoms. The Morgan fingerprint density at radius 2 is 1.03 bits per heavy atom. The van der Waals surface area contributed by atoms with Crippen molar-refractivity contribution in [1.29, 1.82) is 0 Å². The van der Waals surface area contributed by atoms with Gasteiger partial charge in [-0.2, -0.15) is 0 Å². The summed E-state index contributed by atoms with van der Waals surface area (Å²) in [5, 5.41) is 2.25. The maximum atomic E-state index is 6.72. The first kappa shape index (κ1) is 35.9. The fraction of sp³-hybridized carbons (Fsp3) is 0.0172. The van der Waals surface area contributed by atoms with E-state index in [1.165, 1.54) is 54.3 Å². The number of aromatic nitrogens is 3. The van der Waals surface area contributed by atoms with E-state index in [-0.39, 0.29) is 0 Å². The van der Waals surface area contributed by atoms with E-state index in [1.807, 2.05) is 48.3 Å². The molecule has 1 aliphatic heterocycles. The Morgan fingerprint density at radius 3 is 1.84 bits per heavy atom. The molecular weight excluding hydrogens is 787 g/mol. The van der Waals surface area contributed by atoms with E-state index in [0.717, 1.165) is 61.1 Å². The highest BCUT2D eigenvalue weighted by molar-refractivity contribution is 7.99. The van der Waals surface area contributed by atoms with E-state index in [2.05, 4.69) is 175 Å². The van der Waals surface area contributed by atoms with Crippen LogP contribution in [0.5, 0.6) is 0 Å². The lowest BCUT2D eigenvalue weighted by Gasteiger charge is -2.43. The Kier molecular flexibility index (Phi) is 8.02. The second-order valence-corrected chi connectivity index (χ2v) is 17.4. The Bertz CT molecular complexity index is 3600. The van der Waals surface area contributed by atoms with Crippen LogP contribution >= 0.6 is 11.8 Å². The number of fused-ring (bicyclic) bond motifs is 14. The van der Waals surface area contributed by atoms with Crippen molar-refractivity contribution in [3.63, 3.8) is 0 Å². The lowest BCUT2D eigenvalue weighted by molar-refractivity contribution is 0.660. The second-order valence-electron chi connectivity index (χ2n) is 16.3. The first-order valence-corrected chi connectivity index (χ1v) is 22.0. The van der Waals surface area contributed by atoms with Crippen molar-refractivity contribution >= 4 is 33.7 Å². The number of hydrogen-bond donors (Lipinski definition) is 0. The molecule has 13 rings (SSSR count). The molecule has 11 aromatic rings. The van der Waals surface area contributed by atoms with Crippen LogP contribution in [0, 0.1) is 0 Å². The molecule has 294 valence electrons. The lowest BCUT2D eigenvalue weighted by Crippen LogP contribution is -2.34. The van der Waals surface area contributed by atoms with Gasteiger partial charge in [-0.3, -0.25) is 4.98 Å². The molecule has 0 bridgehead atoms. The molecule has 1 aliphatic carbocycles. The van der Waals surface area contributed by atoms with Gasteiger partial charge in [0.2, 0.25) is 0 Å². The van der Waals surface area contributed by atoms with Crippen LogP contribution < -0.4 is 0 Å². The zero-order valence-electron chi connectivity index (χ0n) is 33.9. The predicted octanol–water partition coefficient (Wildman–Crippen LogP) is 14.9. The highest BCUT2D eigenvalue weighted by Crippen LogP contribution is 2.62. The van der Waals surface area contributed by atoms with E-state index in [1.54, 1.807) is 6.20 Å². The minimum absolute atomic E-state index is 0.678. The summed E-state index contributed by atoms with van der Waals surface area (Å²) < 4.78 is 6.72. The van der Waals surface area contributed by atoms with Gasteiger partial charge in [0.25, 0.3) is 0 Å². The van der Waals surface area contributed by atoms with Gasteiger partial charge in [0.15, 0.2) is 5.82 Å². The van der Waals surface area contributed by atoms with E-state index in [9.17, 15) is 0 Å². The van der Waals surface area contributed by atoms with Crippen molar-refractivity contribution in [3.8, 4) is 67.3 Å². The van der Waals surface area contributed by atoms with Gasteiger partial charge >= 0.3 is 0 Å². The van der Waals surface area contributed by atoms with Gasteiger partial charge in [-0.15, -0.1) is 0 Å². The van der Waals surface area contributed by atoms with Gasteiger partial charge in [-0.25, -0.2) is 9.97 Å². The summed E-state index contributed by atoms with van der Waals surface area (Å²) >= 11 is 1.85. The van der Waals surface area contributed by atoms with Crippen molar-refractivity contribution in [2.24, 2.45) is 0 Å². The van der Waals surface area contributed by atoms with Crippen LogP contribution in [-0.2, 0) is 5.41 Å². The summed E-state index contributed by atoms with van der Waals surface area (Å²) in [4.78, 5) is 17.4. The molecule has 5 heteroatoms. The standard InChI is InChI=1S/C58H35N3OS/c1-2-13-38(14-3-1)57-60-51(37-26-24-36(25-27-37)40-15-12-30-59-35-40)34-52(61-57)39-28-29-44-42-17-5-4-16-41(42)43-18-6-8-20-47(43)58(49(44)31-39)48-21-9-11-23-55(48)63-56-32-46-45-19-7-10-22-53(45)62-54(46)33-50(56)58/h1-35H. The molecule has 0 amide bonds. The molecule has 0 fully saturated rings. The Labute approximate surface area is 368 Å². The number of rotatable bonds is 4. The van der Waals surface area contributed by atoms with Crippen LogP contribution in [0.2, 0.25) is 0 Å². The number of nitrogens with zero attached hydrogens (tertiary/aromatic N) is 3. The third-order valence-corrected chi connectivity index (χ3v) is 14.0. The molecule has 0 saturated heterocycles. The van der Waals surface area contributed by atoms with Gasteiger partial charge in [0.1, 0.15) is 11.2 Å². The van der Waals surface area contributed by atoms with Crippen molar-refractivity contribution in [2.45, 2.75) is 15.2 Å². The number of benzene rings is 8. The summed E-state index contributed by atoms with van der Waals surface area (Å²) in [5.74, 6) is 0.678. The van der Waals surface area contributed by atoms with Gasteiger partial charge in [-0.05, 0) is 98.1 Å². The normalized spacial score (nSPS) is 14.7. The van der Waals surface area contributed by atoms with Crippen molar-refractivity contribution < 1.29 is 4.42 Å². The summed E-state index contributed by atoms with van der Waals surface area (Å²) in [6, 6.07) is 72.0. The minimum atomic E-state index is -0.731. The zero-order valence-corrected chi connectivity index (χ0v) is 34.7. The molecule has 1 spiro atoms. The van der Waals surface area contributed by atoms with Crippen LogP contribution in [0.3, 0.4) is 0 Å². The first-order chi connectivity index (χ1) is 31.2. The van der Waals surface area contributed by atoms with Gasteiger partial charge in [0, 0.05) is 49.6 Å². The largest absolute Gasteiger partial charge is 0.456 e. The predicted molar refractivity (Wildman–Crippen MR) is 256 cm³/mol. The minimum Gasteiger partial charge on any atom is -0.456 e. The molecule has 4 heterocycles. The molecule has 8 aromatic carbocycles. The molecule has 0 radical (unpaired) electrons. The maximum absolute atomic E-state index is 6.72. The van der Waals surface area contributed by atoms with E-state index >= 15 is 0 Å². The van der Waals surface area contributed by atoms with Crippen molar-refractivity contribution in [1.82, 2.24) is 15.0 Å². The molecular formula is C58H35N3OS. The summed E-state index contributed by atoms with van der Waals surface area (Å²) in [5.41, 5.74) is 17.6. The average molecular weight is 822 g/mol. The fourth-order valence-electron chi connectivity index (χ4n) is 10.1. The van der Waals surface area contributed by atoms with Gasteiger partial charge < -0.3 is 4.42 Å². The monoisotopic (exact) mass is 821 g/mol. The van der Waals surface area contributed by atoms with Crippen molar-refractivity contribution in [3.05, 3.63) is 235 Å². The Balaban J connectivity index is 1.11. The Hall–Kier alpha value is -7.86. The van der Waals surface area contributed by atoms with Crippen LogP contribution in [-0.4, -0.2) is 15.0 Å². The zero-order chi connectivity index (χ0) is 41.5. The van der Waals surface area contributed by atoms with E-state index in [4.69, 9.17) is 14.4 Å². The Morgan fingerprint density at radius 1 is 0.381 bits per heavy atom. The number of pyridine rings is 1. The van der Waals surface area contributed by atoms with Gasteiger partial charge in [-0.1, -0.05) is 169 Å². The molecule has 2 aliphatic rings. The average Bonchev–Trinajstić information content (AvgIpc) is 3.68. The molecule has 3 aromatic heterocycles. The van der Waals surface area contributed by atoms with Gasteiger partial charge in [0.05, 0.1) is 16.8 Å². The van der Waals surface area contributed by atoms with E-state index < -0.39 is 5.41 Å². The topological polar surface area (TPSA) is 51.8 Å². The molecule has 0 saturated carbocycles. The van der Waals surface area contributed by atoms with Crippen LogP contribution in [0.1, 0.15) is 22.3 Å². The lowest BCUT2D eigenvalue weighted by atomic mass is 9.63. The third kappa shape index (κ3) is 5.53. The molecule has 0 N–H and O–H groups in total. The number of furan rings is 1. The summed E-state index contributed by atoms with van der Waals surface area (Å²) in [6.07, 6.45) is 3.70. The summed E-state index contributed by atoms with van der Waals surface area (Å²) in [6.45, 7) is 0. The van der Waals surface area contributed by atoms with Crippen LogP contribution in [0.25, 0.3) is 89.2 Å². The first-order valence-electron chi connectivity index (χ1n) is 21.2. The summed E-state index contributed by atoms with van der Waals surface area (Å²) in [7, 11) is 0. The van der Waals surface area contributed by atoms with E-state index in [0.29, 0.717) is 5.82 Å². The number of para-hydroxylation sites is 1. The quantitative estimate of drug-likeness (QED) is 0.177. The highest BCUT2D eigenvalue weighted by Gasteiger charge is 2.48. The molecule has 1 unspecified atom stereocenters. The maximum Gasteiger partial charge on any atom is 0.160 e. The number of hydrogen-bond acceptors (Lipinski definition) is 5. The van der Waals surface area contributed by atoms with Crippen molar-refractivity contribution in [2.75, 3.05) is 0 Å². The molecule has 4 nitrogen and oxygen atoms in total.